The Morgan fingerprint density at radius 2 is 1.60 bits per heavy atom. The maximum atomic E-state index is 5.91. The lowest BCUT2D eigenvalue weighted by Crippen LogP contribution is -2.40. The van der Waals surface area contributed by atoms with Crippen molar-refractivity contribution in [2.75, 3.05) is 13.6 Å². The van der Waals surface area contributed by atoms with Crippen molar-refractivity contribution in [3.8, 4) is 11.5 Å². The number of nitrogens with zero attached hydrogens (tertiary/aromatic N) is 1. The molecule has 1 atom stereocenters. The Morgan fingerprint density at radius 1 is 0.880 bits per heavy atom. The molecule has 0 saturated carbocycles. The van der Waals surface area contributed by atoms with Crippen LogP contribution in [0, 0.1) is 0 Å². The van der Waals surface area contributed by atoms with Crippen molar-refractivity contribution < 1.29 is 4.74 Å². The lowest BCUT2D eigenvalue weighted by Gasteiger charge is -2.39. The van der Waals surface area contributed by atoms with E-state index in [2.05, 4.69) is 36.2 Å². The summed E-state index contributed by atoms with van der Waals surface area (Å²) >= 11 is 0. The summed E-state index contributed by atoms with van der Waals surface area (Å²) in [5.41, 5.74) is 4.90. The number of likely N-dealkylation sites (N-methyl/N-ethyl adjacent to an activating group) is 1. The summed E-state index contributed by atoms with van der Waals surface area (Å²) in [7, 11) is 2.29. The van der Waals surface area contributed by atoms with Crippen molar-refractivity contribution in [2.45, 2.75) is 44.6 Å². The number of hydrogen-bond acceptors (Lipinski definition) is 2. The summed E-state index contributed by atoms with van der Waals surface area (Å²) in [6.07, 6.45) is 7.80. The van der Waals surface area contributed by atoms with Gasteiger partial charge in [-0.15, -0.1) is 0 Å². The molecule has 2 aromatic rings. The standard InChI is InChI=1S/C23H27NO/c1-24-16-15-19-7-5-6-10-22(19)23(24)17-18-11-13-21(14-12-18)25-20-8-3-2-4-9-20/h2-4,8-9,11-14,23H,5-7,10,15-17H2,1H3. The first kappa shape index (κ1) is 16.4. The number of hydrogen-bond donors (Lipinski definition) is 0. The molecule has 0 fully saturated rings. The molecule has 0 bridgehead atoms. The second kappa shape index (κ2) is 7.45. The van der Waals surface area contributed by atoms with Crippen LogP contribution in [0.15, 0.2) is 65.7 Å². The summed E-state index contributed by atoms with van der Waals surface area (Å²) in [5.74, 6) is 1.80. The SMILES string of the molecule is CN1CCC2=C(CCCC2)C1Cc1ccc(Oc2ccccc2)cc1. The van der Waals surface area contributed by atoms with Crippen LogP contribution in [0.5, 0.6) is 11.5 Å². The fourth-order valence-corrected chi connectivity index (χ4v) is 4.23. The average molecular weight is 333 g/mol. The summed E-state index contributed by atoms with van der Waals surface area (Å²) in [5, 5.41) is 0. The molecule has 1 aliphatic carbocycles. The Kier molecular flexibility index (Phi) is 4.89. The molecule has 0 spiro atoms. The van der Waals surface area contributed by atoms with Crippen LogP contribution in [0.25, 0.3) is 0 Å². The van der Waals surface area contributed by atoms with E-state index in [1.807, 2.05) is 30.3 Å². The summed E-state index contributed by atoms with van der Waals surface area (Å²) < 4.78 is 5.91. The summed E-state index contributed by atoms with van der Waals surface area (Å²) in [4.78, 5) is 2.55. The van der Waals surface area contributed by atoms with Crippen LogP contribution in [-0.4, -0.2) is 24.5 Å². The predicted molar refractivity (Wildman–Crippen MR) is 103 cm³/mol. The second-order valence-electron chi connectivity index (χ2n) is 7.35. The van der Waals surface area contributed by atoms with Gasteiger partial charge in [0.05, 0.1) is 0 Å². The molecule has 0 saturated heterocycles. The molecular formula is C23H27NO. The normalized spacial score (nSPS) is 21.1. The third-order valence-corrected chi connectivity index (χ3v) is 5.66. The lowest BCUT2D eigenvalue weighted by atomic mass is 9.81. The smallest absolute Gasteiger partial charge is 0.127 e. The van der Waals surface area contributed by atoms with E-state index in [4.69, 9.17) is 4.74 Å². The summed E-state index contributed by atoms with van der Waals surface area (Å²) in [6.45, 7) is 1.21. The highest BCUT2D eigenvalue weighted by Crippen LogP contribution is 2.35. The maximum absolute atomic E-state index is 5.91. The fraction of sp³-hybridized carbons (Fsp3) is 0.391. The van der Waals surface area contributed by atoms with Crippen molar-refractivity contribution in [1.29, 1.82) is 0 Å². The highest BCUT2D eigenvalue weighted by molar-refractivity contribution is 5.35. The van der Waals surface area contributed by atoms with Crippen LogP contribution >= 0.6 is 0 Å². The molecule has 1 unspecified atom stereocenters. The van der Waals surface area contributed by atoms with E-state index in [9.17, 15) is 0 Å². The summed E-state index contributed by atoms with van der Waals surface area (Å²) in [6, 6.07) is 19.2. The van der Waals surface area contributed by atoms with Gasteiger partial charge in [-0.25, -0.2) is 0 Å². The number of para-hydroxylation sites is 1. The predicted octanol–water partition coefficient (Wildman–Crippen LogP) is 5.60. The first-order chi connectivity index (χ1) is 12.3. The van der Waals surface area contributed by atoms with Crippen molar-refractivity contribution in [1.82, 2.24) is 4.90 Å². The minimum absolute atomic E-state index is 0.588. The minimum atomic E-state index is 0.588. The highest BCUT2D eigenvalue weighted by Gasteiger charge is 2.28. The molecule has 2 nitrogen and oxygen atoms in total. The van der Waals surface area contributed by atoms with Crippen molar-refractivity contribution >= 4 is 0 Å². The molecule has 1 aliphatic heterocycles. The van der Waals surface area contributed by atoms with Gasteiger partial charge in [-0.2, -0.15) is 0 Å². The van der Waals surface area contributed by atoms with Gasteiger partial charge in [0.25, 0.3) is 0 Å². The van der Waals surface area contributed by atoms with Gasteiger partial charge < -0.3 is 4.74 Å². The van der Waals surface area contributed by atoms with Crippen molar-refractivity contribution in [2.24, 2.45) is 0 Å². The Hall–Kier alpha value is -2.06. The molecule has 0 amide bonds. The maximum Gasteiger partial charge on any atom is 0.127 e. The molecule has 0 radical (unpaired) electrons. The van der Waals surface area contributed by atoms with Crippen LogP contribution in [0.4, 0.5) is 0 Å². The van der Waals surface area contributed by atoms with Crippen LogP contribution in [-0.2, 0) is 6.42 Å². The van der Waals surface area contributed by atoms with E-state index < -0.39 is 0 Å². The zero-order valence-electron chi connectivity index (χ0n) is 15.1. The Morgan fingerprint density at radius 3 is 2.40 bits per heavy atom. The second-order valence-corrected chi connectivity index (χ2v) is 7.35. The van der Waals surface area contributed by atoms with Gasteiger partial charge in [0.15, 0.2) is 0 Å². The van der Waals surface area contributed by atoms with Gasteiger partial charge in [-0.05, 0) is 75.4 Å². The first-order valence-electron chi connectivity index (χ1n) is 9.52. The molecule has 2 aromatic carbocycles. The van der Waals surface area contributed by atoms with Crippen LogP contribution in [0.2, 0.25) is 0 Å². The molecule has 0 N–H and O–H groups in total. The van der Waals surface area contributed by atoms with Gasteiger partial charge >= 0.3 is 0 Å². The first-order valence-corrected chi connectivity index (χ1v) is 9.52. The van der Waals surface area contributed by atoms with E-state index in [0.717, 1.165) is 17.9 Å². The molecule has 1 heterocycles. The monoisotopic (exact) mass is 333 g/mol. The minimum Gasteiger partial charge on any atom is -0.457 e. The third kappa shape index (κ3) is 3.80. The average Bonchev–Trinajstić information content (AvgIpc) is 2.66. The zero-order chi connectivity index (χ0) is 17.1. The van der Waals surface area contributed by atoms with Gasteiger partial charge in [-0.3, -0.25) is 4.90 Å². The van der Waals surface area contributed by atoms with Gasteiger partial charge in [-0.1, -0.05) is 41.5 Å². The van der Waals surface area contributed by atoms with Crippen molar-refractivity contribution in [3.05, 3.63) is 71.3 Å². The van der Waals surface area contributed by atoms with E-state index in [1.165, 1.54) is 44.2 Å². The quantitative estimate of drug-likeness (QED) is 0.676. The van der Waals surface area contributed by atoms with E-state index in [0.29, 0.717) is 6.04 Å². The van der Waals surface area contributed by atoms with Gasteiger partial charge in [0.2, 0.25) is 0 Å². The highest BCUT2D eigenvalue weighted by atomic mass is 16.5. The van der Waals surface area contributed by atoms with Crippen LogP contribution < -0.4 is 4.74 Å². The molecule has 2 aliphatic rings. The number of benzene rings is 2. The van der Waals surface area contributed by atoms with Crippen molar-refractivity contribution in [3.63, 3.8) is 0 Å². The lowest BCUT2D eigenvalue weighted by molar-refractivity contribution is 0.242. The molecule has 130 valence electrons. The largest absolute Gasteiger partial charge is 0.457 e. The van der Waals surface area contributed by atoms with E-state index in [-0.39, 0.29) is 0 Å². The van der Waals surface area contributed by atoms with E-state index in [1.54, 1.807) is 11.1 Å². The van der Waals surface area contributed by atoms with E-state index >= 15 is 0 Å². The zero-order valence-corrected chi connectivity index (χ0v) is 15.1. The fourth-order valence-electron chi connectivity index (χ4n) is 4.23. The number of rotatable bonds is 4. The number of ether oxygens (including phenoxy) is 1. The molecular weight excluding hydrogens is 306 g/mol. The molecule has 25 heavy (non-hydrogen) atoms. The van der Waals surface area contributed by atoms with Gasteiger partial charge in [0, 0.05) is 12.6 Å². The Bertz CT molecular complexity index is 732. The van der Waals surface area contributed by atoms with Crippen LogP contribution in [0.1, 0.15) is 37.7 Å². The molecule has 4 rings (SSSR count). The third-order valence-electron chi connectivity index (χ3n) is 5.66. The molecule has 0 aromatic heterocycles. The molecule has 2 heteroatoms. The van der Waals surface area contributed by atoms with Crippen LogP contribution in [0.3, 0.4) is 0 Å². The van der Waals surface area contributed by atoms with Gasteiger partial charge in [0.1, 0.15) is 11.5 Å². The Balaban J connectivity index is 1.47. The topological polar surface area (TPSA) is 12.5 Å². The Labute approximate surface area is 151 Å².